The van der Waals surface area contributed by atoms with Gasteiger partial charge >= 0.3 is 0 Å². The van der Waals surface area contributed by atoms with Gasteiger partial charge in [0.2, 0.25) is 17.7 Å². The summed E-state index contributed by atoms with van der Waals surface area (Å²) < 4.78 is 0. The maximum atomic E-state index is 13.1. The van der Waals surface area contributed by atoms with Gasteiger partial charge in [0.1, 0.15) is 6.04 Å². The van der Waals surface area contributed by atoms with E-state index in [4.69, 9.17) is 5.73 Å². The lowest BCUT2D eigenvalue weighted by atomic mass is 10.0. The van der Waals surface area contributed by atoms with E-state index in [0.29, 0.717) is 18.5 Å². The lowest BCUT2D eigenvalue weighted by Crippen LogP contribution is -2.45. The molecule has 1 saturated heterocycles. The Bertz CT molecular complexity index is 944. The summed E-state index contributed by atoms with van der Waals surface area (Å²) in [5, 5.41) is 5.33. The highest BCUT2D eigenvalue weighted by molar-refractivity contribution is 5.96. The SMILES string of the molecule is NC(=O)CNC(=O)c1ccc(CNC(=O)C(c2ccccc2)N2CCCCC2=O)cc1. The zero-order valence-corrected chi connectivity index (χ0v) is 17.2. The molecule has 1 heterocycles. The Hall–Kier alpha value is -3.68. The van der Waals surface area contributed by atoms with Crippen molar-refractivity contribution in [1.29, 1.82) is 0 Å². The number of nitrogens with one attached hydrogen (secondary N) is 2. The van der Waals surface area contributed by atoms with Crippen LogP contribution in [0.1, 0.15) is 46.8 Å². The van der Waals surface area contributed by atoms with Crippen LogP contribution in [0, 0.1) is 0 Å². The van der Waals surface area contributed by atoms with Crippen LogP contribution in [0.5, 0.6) is 0 Å². The van der Waals surface area contributed by atoms with Crippen molar-refractivity contribution in [2.24, 2.45) is 5.73 Å². The maximum absolute atomic E-state index is 13.1. The molecule has 1 atom stereocenters. The van der Waals surface area contributed by atoms with Crippen LogP contribution in [-0.4, -0.2) is 41.6 Å². The minimum Gasteiger partial charge on any atom is -0.368 e. The number of hydrogen-bond acceptors (Lipinski definition) is 4. The number of benzene rings is 2. The van der Waals surface area contributed by atoms with Crippen LogP contribution in [0.25, 0.3) is 0 Å². The van der Waals surface area contributed by atoms with Crippen LogP contribution in [-0.2, 0) is 20.9 Å². The Balaban J connectivity index is 1.66. The van der Waals surface area contributed by atoms with Crippen LogP contribution in [0.2, 0.25) is 0 Å². The first-order valence-electron chi connectivity index (χ1n) is 10.2. The van der Waals surface area contributed by atoms with E-state index in [1.54, 1.807) is 29.2 Å². The second-order valence-corrected chi connectivity index (χ2v) is 7.42. The smallest absolute Gasteiger partial charge is 0.251 e. The molecule has 31 heavy (non-hydrogen) atoms. The average Bonchev–Trinajstić information content (AvgIpc) is 2.78. The number of primary amides is 1. The first kappa shape index (κ1) is 22.0. The zero-order valence-electron chi connectivity index (χ0n) is 17.2. The lowest BCUT2D eigenvalue weighted by Gasteiger charge is -2.34. The van der Waals surface area contributed by atoms with Gasteiger partial charge in [-0.3, -0.25) is 19.2 Å². The topological polar surface area (TPSA) is 122 Å². The van der Waals surface area contributed by atoms with E-state index in [-0.39, 0.29) is 24.9 Å². The van der Waals surface area contributed by atoms with Crippen molar-refractivity contribution in [3.63, 3.8) is 0 Å². The molecule has 1 aliphatic heterocycles. The summed E-state index contributed by atoms with van der Waals surface area (Å²) in [5.41, 5.74) is 6.98. The summed E-state index contributed by atoms with van der Waals surface area (Å²) in [5.74, 6) is -1.28. The van der Waals surface area contributed by atoms with Crippen LogP contribution < -0.4 is 16.4 Å². The Labute approximate surface area is 180 Å². The van der Waals surface area contributed by atoms with Crippen molar-refractivity contribution in [3.05, 3.63) is 71.3 Å². The van der Waals surface area contributed by atoms with Crippen molar-refractivity contribution >= 4 is 23.6 Å². The highest BCUT2D eigenvalue weighted by Gasteiger charge is 2.32. The quantitative estimate of drug-likeness (QED) is 0.593. The first-order valence-corrected chi connectivity index (χ1v) is 10.2. The molecule has 0 saturated carbocycles. The predicted octanol–water partition coefficient (Wildman–Crippen LogP) is 1.27. The van der Waals surface area contributed by atoms with E-state index in [1.807, 2.05) is 30.3 Å². The van der Waals surface area contributed by atoms with E-state index >= 15 is 0 Å². The normalized spacial score (nSPS) is 14.6. The molecule has 162 valence electrons. The van der Waals surface area contributed by atoms with Crippen LogP contribution in [0.4, 0.5) is 0 Å². The monoisotopic (exact) mass is 422 g/mol. The van der Waals surface area contributed by atoms with Gasteiger partial charge in [0.15, 0.2) is 0 Å². The summed E-state index contributed by atoms with van der Waals surface area (Å²) in [6.07, 6.45) is 2.18. The molecule has 0 bridgehead atoms. The third-order valence-electron chi connectivity index (χ3n) is 5.14. The molecule has 3 rings (SSSR count). The molecule has 1 aliphatic rings. The number of nitrogens with zero attached hydrogens (tertiary/aromatic N) is 1. The highest BCUT2D eigenvalue weighted by Crippen LogP contribution is 2.26. The van der Waals surface area contributed by atoms with Gasteiger partial charge in [0.05, 0.1) is 6.54 Å². The number of carbonyl (C=O) groups excluding carboxylic acids is 4. The fourth-order valence-electron chi connectivity index (χ4n) is 3.54. The summed E-state index contributed by atoms with van der Waals surface area (Å²) in [6.45, 7) is 0.584. The lowest BCUT2D eigenvalue weighted by molar-refractivity contribution is -0.142. The predicted molar refractivity (Wildman–Crippen MR) is 115 cm³/mol. The molecule has 4 amide bonds. The molecule has 8 nitrogen and oxygen atoms in total. The summed E-state index contributed by atoms with van der Waals surface area (Å²) in [6, 6.07) is 15.3. The largest absolute Gasteiger partial charge is 0.368 e. The average molecular weight is 422 g/mol. The molecule has 0 aromatic heterocycles. The zero-order chi connectivity index (χ0) is 22.2. The number of rotatable bonds is 8. The molecular formula is C23H26N4O4. The molecule has 0 spiro atoms. The molecule has 1 fully saturated rings. The van der Waals surface area contributed by atoms with Crippen molar-refractivity contribution in [1.82, 2.24) is 15.5 Å². The minimum atomic E-state index is -0.673. The van der Waals surface area contributed by atoms with Gasteiger partial charge < -0.3 is 21.3 Å². The Morgan fingerprint density at radius 1 is 0.968 bits per heavy atom. The van der Waals surface area contributed by atoms with E-state index in [1.165, 1.54) is 0 Å². The van der Waals surface area contributed by atoms with Crippen LogP contribution in [0.3, 0.4) is 0 Å². The fourth-order valence-corrected chi connectivity index (χ4v) is 3.54. The van der Waals surface area contributed by atoms with Gasteiger partial charge in [-0.1, -0.05) is 42.5 Å². The van der Waals surface area contributed by atoms with Gasteiger partial charge in [-0.05, 0) is 36.1 Å². The standard InChI is InChI=1S/C23H26N4O4/c24-19(28)15-26-22(30)18-11-9-16(10-12-18)14-25-23(31)21(17-6-2-1-3-7-17)27-13-5-4-8-20(27)29/h1-3,6-7,9-12,21H,4-5,8,13-15H2,(H2,24,28)(H,25,31)(H,26,30). The van der Waals surface area contributed by atoms with Crippen molar-refractivity contribution in [3.8, 4) is 0 Å². The highest BCUT2D eigenvalue weighted by atomic mass is 16.2. The summed E-state index contributed by atoms with van der Waals surface area (Å²) in [4.78, 5) is 49.9. The van der Waals surface area contributed by atoms with Crippen LogP contribution in [0.15, 0.2) is 54.6 Å². The Morgan fingerprint density at radius 2 is 1.68 bits per heavy atom. The first-order chi connectivity index (χ1) is 15.0. The van der Waals surface area contributed by atoms with Crippen molar-refractivity contribution < 1.29 is 19.2 Å². The molecule has 8 heteroatoms. The minimum absolute atomic E-state index is 0.0124. The number of piperidine rings is 1. The van der Waals surface area contributed by atoms with Gasteiger partial charge in [-0.2, -0.15) is 0 Å². The number of amides is 4. The molecule has 0 aliphatic carbocycles. The number of nitrogens with two attached hydrogens (primary N) is 1. The van der Waals surface area contributed by atoms with E-state index in [0.717, 1.165) is 24.0 Å². The third-order valence-corrected chi connectivity index (χ3v) is 5.14. The molecule has 2 aromatic carbocycles. The second kappa shape index (κ2) is 10.4. The second-order valence-electron chi connectivity index (χ2n) is 7.42. The number of hydrogen-bond donors (Lipinski definition) is 3. The maximum Gasteiger partial charge on any atom is 0.251 e. The van der Waals surface area contributed by atoms with Crippen LogP contribution >= 0.6 is 0 Å². The van der Waals surface area contributed by atoms with E-state index in [9.17, 15) is 19.2 Å². The molecule has 0 radical (unpaired) electrons. The third kappa shape index (κ3) is 5.91. The molecule has 4 N–H and O–H groups in total. The van der Waals surface area contributed by atoms with Crippen molar-refractivity contribution in [2.75, 3.05) is 13.1 Å². The Morgan fingerprint density at radius 3 is 2.32 bits per heavy atom. The fraction of sp³-hybridized carbons (Fsp3) is 0.304. The molecule has 1 unspecified atom stereocenters. The molecule has 2 aromatic rings. The number of likely N-dealkylation sites (tertiary alicyclic amines) is 1. The Kier molecular flexibility index (Phi) is 7.37. The molecular weight excluding hydrogens is 396 g/mol. The summed E-state index contributed by atoms with van der Waals surface area (Å²) in [7, 11) is 0. The van der Waals surface area contributed by atoms with Gasteiger partial charge in [0.25, 0.3) is 5.91 Å². The van der Waals surface area contributed by atoms with Gasteiger partial charge in [0, 0.05) is 25.1 Å². The van der Waals surface area contributed by atoms with E-state index < -0.39 is 17.9 Å². The van der Waals surface area contributed by atoms with Crippen molar-refractivity contribution in [2.45, 2.75) is 31.8 Å². The summed E-state index contributed by atoms with van der Waals surface area (Å²) >= 11 is 0. The van der Waals surface area contributed by atoms with E-state index in [2.05, 4.69) is 10.6 Å². The van der Waals surface area contributed by atoms with Gasteiger partial charge in [-0.15, -0.1) is 0 Å². The van der Waals surface area contributed by atoms with Gasteiger partial charge in [-0.25, -0.2) is 0 Å². The number of carbonyl (C=O) groups is 4.